The fourth-order valence-electron chi connectivity index (χ4n) is 3.03. The van der Waals surface area contributed by atoms with Crippen molar-refractivity contribution in [2.75, 3.05) is 6.54 Å². The van der Waals surface area contributed by atoms with E-state index in [0.717, 1.165) is 12.1 Å². The summed E-state index contributed by atoms with van der Waals surface area (Å²) in [7, 11) is 0. The standard InChI is InChI=1S/C20H21N5O/c1-15(17-5-3-2-4-6-17)25(13-16-7-8-16)20(26)18-9-10-19(23-22-18)24-12-11-21-14-24/h2-6,9-12,14-16H,7-8,13H2,1H3/t15-/m0/s1. The van der Waals surface area contributed by atoms with Crippen LogP contribution in [0.2, 0.25) is 0 Å². The van der Waals surface area contributed by atoms with Gasteiger partial charge in [0.15, 0.2) is 11.5 Å². The van der Waals surface area contributed by atoms with Crippen LogP contribution in [0.4, 0.5) is 0 Å². The Morgan fingerprint density at radius 1 is 1.19 bits per heavy atom. The molecule has 0 saturated heterocycles. The summed E-state index contributed by atoms with van der Waals surface area (Å²) >= 11 is 0. The normalized spacial score (nSPS) is 14.8. The van der Waals surface area contributed by atoms with E-state index in [4.69, 9.17) is 0 Å². The zero-order valence-corrected chi connectivity index (χ0v) is 14.7. The van der Waals surface area contributed by atoms with E-state index in [1.54, 1.807) is 35.4 Å². The average molecular weight is 347 g/mol. The lowest BCUT2D eigenvalue weighted by Crippen LogP contribution is -2.36. The van der Waals surface area contributed by atoms with Crippen LogP contribution in [-0.4, -0.2) is 37.1 Å². The highest BCUT2D eigenvalue weighted by atomic mass is 16.2. The molecule has 1 fully saturated rings. The van der Waals surface area contributed by atoms with E-state index in [-0.39, 0.29) is 11.9 Å². The Balaban J connectivity index is 1.57. The SMILES string of the molecule is C[C@@H](c1ccccc1)N(CC1CC1)C(=O)c1ccc(-n2ccnc2)nn1. The molecule has 0 radical (unpaired) electrons. The van der Waals surface area contributed by atoms with Gasteiger partial charge in [0.05, 0.1) is 6.04 Å². The minimum atomic E-state index is -0.0714. The summed E-state index contributed by atoms with van der Waals surface area (Å²) in [4.78, 5) is 19.1. The van der Waals surface area contributed by atoms with E-state index < -0.39 is 0 Å². The number of imidazole rings is 1. The zero-order valence-electron chi connectivity index (χ0n) is 14.7. The molecule has 1 saturated carbocycles. The first-order chi connectivity index (χ1) is 12.7. The third-order valence-corrected chi connectivity index (χ3v) is 4.80. The number of aromatic nitrogens is 4. The van der Waals surface area contributed by atoms with Crippen molar-refractivity contribution in [2.24, 2.45) is 5.92 Å². The lowest BCUT2D eigenvalue weighted by atomic mass is 10.1. The summed E-state index contributed by atoms with van der Waals surface area (Å²) in [5, 5.41) is 8.35. The van der Waals surface area contributed by atoms with Gasteiger partial charge in [-0.2, -0.15) is 0 Å². The lowest BCUT2D eigenvalue weighted by molar-refractivity contribution is 0.0673. The van der Waals surface area contributed by atoms with Gasteiger partial charge in [-0.05, 0) is 43.4 Å². The van der Waals surface area contributed by atoms with Gasteiger partial charge in [0, 0.05) is 18.9 Å². The van der Waals surface area contributed by atoms with Gasteiger partial charge in [-0.25, -0.2) is 4.98 Å². The topological polar surface area (TPSA) is 63.9 Å². The minimum Gasteiger partial charge on any atom is -0.330 e. The number of nitrogens with zero attached hydrogens (tertiary/aromatic N) is 5. The molecule has 132 valence electrons. The Morgan fingerprint density at radius 2 is 2.00 bits per heavy atom. The number of benzene rings is 1. The molecule has 1 aliphatic carbocycles. The van der Waals surface area contributed by atoms with Crippen molar-refractivity contribution in [3.8, 4) is 5.82 Å². The van der Waals surface area contributed by atoms with Gasteiger partial charge >= 0.3 is 0 Å². The summed E-state index contributed by atoms with van der Waals surface area (Å²) in [6, 6.07) is 13.7. The van der Waals surface area contributed by atoms with Gasteiger partial charge in [0.2, 0.25) is 0 Å². The Labute approximate surface area is 152 Å². The molecular weight excluding hydrogens is 326 g/mol. The Bertz CT molecular complexity index is 857. The van der Waals surface area contributed by atoms with Gasteiger partial charge in [-0.3, -0.25) is 9.36 Å². The molecule has 3 aromatic rings. The van der Waals surface area contributed by atoms with Gasteiger partial charge in [0.1, 0.15) is 6.33 Å². The first kappa shape index (κ1) is 16.4. The monoisotopic (exact) mass is 347 g/mol. The van der Waals surface area contributed by atoms with Crippen molar-refractivity contribution in [3.63, 3.8) is 0 Å². The summed E-state index contributed by atoms with van der Waals surface area (Å²) in [6.07, 6.45) is 7.51. The third-order valence-electron chi connectivity index (χ3n) is 4.80. The van der Waals surface area contributed by atoms with Crippen molar-refractivity contribution in [1.29, 1.82) is 0 Å². The molecule has 26 heavy (non-hydrogen) atoms. The second-order valence-electron chi connectivity index (χ2n) is 6.73. The van der Waals surface area contributed by atoms with Crippen molar-refractivity contribution in [3.05, 3.63) is 72.4 Å². The molecule has 1 atom stereocenters. The number of carbonyl (C=O) groups excluding carboxylic acids is 1. The number of hydrogen-bond donors (Lipinski definition) is 0. The number of amides is 1. The second kappa shape index (κ2) is 7.07. The van der Waals surface area contributed by atoms with Gasteiger partial charge < -0.3 is 4.90 Å². The van der Waals surface area contributed by atoms with E-state index in [9.17, 15) is 4.79 Å². The fourth-order valence-corrected chi connectivity index (χ4v) is 3.03. The number of hydrogen-bond acceptors (Lipinski definition) is 4. The lowest BCUT2D eigenvalue weighted by Gasteiger charge is -2.29. The van der Waals surface area contributed by atoms with Gasteiger partial charge in [0.25, 0.3) is 5.91 Å². The molecule has 1 amide bonds. The molecule has 0 unspecified atom stereocenters. The molecule has 4 rings (SSSR count). The van der Waals surface area contributed by atoms with Gasteiger partial charge in [-0.1, -0.05) is 30.3 Å². The summed E-state index contributed by atoms with van der Waals surface area (Å²) < 4.78 is 1.76. The highest BCUT2D eigenvalue weighted by Crippen LogP contribution is 2.33. The quantitative estimate of drug-likeness (QED) is 0.686. The first-order valence-corrected chi connectivity index (χ1v) is 8.90. The summed E-state index contributed by atoms with van der Waals surface area (Å²) in [6.45, 7) is 2.84. The Morgan fingerprint density at radius 3 is 2.62 bits per heavy atom. The predicted octanol–water partition coefficient (Wildman–Crippen LogP) is 3.28. The predicted molar refractivity (Wildman–Crippen MR) is 97.8 cm³/mol. The third kappa shape index (κ3) is 3.49. The van der Waals surface area contributed by atoms with Crippen LogP contribution in [0.3, 0.4) is 0 Å². The maximum Gasteiger partial charge on any atom is 0.274 e. The van der Waals surface area contributed by atoms with Crippen molar-refractivity contribution in [1.82, 2.24) is 24.6 Å². The van der Waals surface area contributed by atoms with E-state index >= 15 is 0 Å². The maximum atomic E-state index is 13.1. The fraction of sp³-hybridized carbons (Fsp3) is 0.300. The summed E-state index contributed by atoms with van der Waals surface area (Å²) in [5.41, 5.74) is 1.50. The molecule has 0 bridgehead atoms. The van der Waals surface area contributed by atoms with Crippen LogP contribution in [0.25, 0.3) is 5.82 Å². The molecule has 6 nitrogen and oxygen atoms in total. The van der Waals surface area contributed by atoms with Crippen LogP contribution >= 0.6 is 0 Å². The molecule has 1 aliphatic rings. The van der Waals surface area contributed by atoms with Crippen LogP contribution in [0, 0.1) is 5.92 Å². The van der Waals surface area contributed by atoms with Crippen molar-refractivity contribution in [2.45, 2.75) is 25.8 Å². The highest BCUT2D eigenvalue weighted by Gasteiger charge is 2.31. The molecule has 2 heterocycles. The highest BCUT2D eigenvalue weighted by molar-refractivity contribution is 5.92. The number of carbonyl (C=O) groups is 1. The van der Waals surface area contributed by atoms with Crippen LogP contribution in [0.5, 0.6) is 0 Å². The molecule has 0 aliphatic heterocycles. The molecule has 0 N–H and O–H groups in total. The van der Waals surface area contributed by atoms with E-state index in [1.165, 1.54) is 12.8 Å². The maximum absolute atomic E-state index is 13.1. The molecule has 0 spiro atoms. The van der Waals surface area contributed by atoms with Crippen molar-refractivity contribution < 1.29 is 4.79 Å². The van der Waals surface area contributed by atoms with E-state index in [2.05, 4.69) is 34.2 Å². The Hall–Kier alpha value is -3.02. The van der Waals surface area contributed by atoms with Crippen LogP contribution in [0.15, 0.2) is 61.2 Å². The molecule has 2 aromatic heterocycles. The Kier molecular flexibility index (Phi) is 4.48. The van der Waals surface area contributed by atoms with Crippen molar-refractivity contribution >= 4 is 5.91 Å². The van der Waals surface area contributed by atoms with E-state index in [1.807, 2.05) is 23.1 Å². The van der Waals surface area contributed by atoms with Crippen LogP contribution in [-0.2, 0) is 0 Å². The minimum absolute atomic E-state index is 0.000532. The van der Waals surface area contributed by atoms with Gasteiger partial charge in [-0.15, -0.1) is 10.2 Å². The second-order valence-corrected chi connectivity index (χ2v) is 6.73. The molecular formula is C20H21N5O. The molecule has 6 heteroatoms. The average Bonchev–Trinajstić information content (AvgIpc) is 3.35. The largest absolute Gasteiger partial charge is 0.330 e. The van der Waals surface area contributed by atoms with E-state index in [0.29, 0.717) is 17.4 Å². The first-order valence-electron chi connectivity index (χ1n) is 8.90. The zero-order chi connectivity index (χ0) is 17.9. The summed E-state index contributed by atoms with van der Waals surface area (Å²) in [5.74, 6) is 1.17. The number of rotatable bonds is 6. The van der Waals surface area contributed by atoms with Crippen LogP contribution in [0.1, 0.15) is 41.9 Å². The van der Waals surface area contributed by atoms with Crippen LogP contribution < -0.4 is 0 Å². The molecule has 1 aromatic carbocycles. The smallest absolute Gasteiger partial charge is 0.274 e.